The van der Waals surface area contributed by atoms with Gasteiger partial charge in [0.2, 0.25) is 5.43 Å². The summed E-state index contributed by atoms with van der Waals surface area (Å²) < 4.78 is 0. The number of halogens is 1. The normalized spacial score (nSPS) is 14.8. The van der Waals surface area contributed by atoms with Gasteiger partial charge in [-0.3, -0.25) is 4.79 Å². The van der Waals surface area contributed by atoms with Crippen molar-refractivity contribution in [1.82, 2.24) is 15.0 Å². The number of pyridine rings is 1. The highest BCUT2D eigenvalue weighted by molar-refractivity contribution is 6.33. The van der Waals surface area contributed by atoms with E-state index in [1.807, 2.05) is 12.2 Å². The second-order valence-electron chi connectivity index (χ2n) is 4.06. The average molecular weight is 260 g/mol. The summed E-state index contributed by atoms with van der Waals surface area (Å²) in [6.07, 6.45) is 11.0. The number of aromatic amines is 1. The van der Waals surface area contributed by atoms with Crippen molar-refractivity contribution < 1.29 is 0 Å². The fourth-order valence-electron chi connectivity index (χ4n) is 2.04. The topological polar surface area (TPSA) is 58.6 Å². The molecule has 0 aliphatic heterocycles. The Balaban J connectivity index is 2.30. The van der Waals surface area contributed by atoms with Crippen molar-refractivity contribution in [2.45, 2.75) is 12.8 Å². The van der Waals surface area contributed by atoms with Crippen LogP contribution in [0.3, 0.4) is 0 Å². The minimum absolute atomic E-state index is 0.132. The largest absolute Gasteiger partial charge is 0.345 e. The molecule has 0 unspecified atom stereocenters. The molecule has 1 aliphatic rings. The Bertz CT molecular complexity index is 731. The van der Waals surface area contributed by atoms with Gasteiger partial charge >= 0.3 is 0 Å². The SMILES string of the molecule is O=c1c(C2=CCCC=C2)c[nH]c2ncnc(Cl)c12. The predicted octanol–water partition coefficient (Wildman–Crippen LogP) is 2.70. The second-order valence-corrected chi connectivity index (χ2v) is 4.42. The van der Waals surface area contributed by atoms with E-state index < -0.39 is 0 Å². The van der Waals surface area contributed by atoms with Gasteiger partial charge in [-0.2, -0.15) is 0 Å². The van der Waals surface area contributed by atoms with E-state index in [1.165, 1.54) is 6.33 Å². The molecule has 2 heterocycles. The minimum Gasteiger partial charge on any atom is -0.345 e. The molecule has 5 heteroatoms. The van der Waals surface area contributed by atoms with E-state index in [0.29, 0.717) is 16.6 Å². The number of allylic oxidation sites excluding steroid dienone is 4. The van der Waals surface area contributed by atoms with Gasteiger partial charge < -0.3 is 4.98 Å². The lowest BCUT2D eigenvalue weighted by Gasteiger charge is -2.07. The summed E-state index contributed by atoms with van der Waals surface area (Å²) in [6, 6.07) is 0. The van der Waals surface area contributed by atoms with Crippen LogP contribution in [0.15, 0.2) is 35.5 Å². The van der Waals surface area contributed by atoms with Gasteiger partial charge in [0.25, 0.3) is 0 Å². The molecule has 0 radical (unpaired) electrons. The number of hydrogen-bond donors (Lipinski definition) is 1. The monoisotopic (exact) mass is 259 g/mol. The van der Waals surface area contributed by atoms with Crippen molar-refractivity contribution in [3.05, 3.63) is 51.7 Å². The summed E-state index contributed by atoms with van der Waals surface area (Å²) in [4.78, 5) is 23.2. The van der Waals surface area contributed by atoms with E-state index in [1.54, 1.807) is 6.20 Å². The van der Waals surface area contributed by atoms with Crippen LogP contribution in [0.1, 0.15) is 18.4 Å². The number of nitrogens with zero attached hydrogens (tertiary/aromatic N) is 2. The van der Waals surface area contributed by atoms with Crippen molar-refractivity contribution in [2.24, 2.45) is 0 Å². The number of fused-ring (bicyclic) bond motifs is 1. The molecule has 3 rings (SSSR count). The summed E-state index contributed by atoms with van der Waals surface area (Å²) in [7, 11) is 0. The van der Waals surface area contributed by atoms with E-state index in [4.69, 9.17) is 11.6 Å². The van der Waals surface area contributed by atoms with Gasteiger partial charge in [-0.15, -0.1) is 0 Å². The Kier molecular flexibility index (Phi) is 2.72. The zero-order chi connectivity index (χ0) is 12.5. The van der Waals surface area contributed by atoms with Crippen molar-refractivity contribution in [1.29, 1.82) is 0 Å². The third kappa shape index (κ3) is 1.75. The van der Waals surface area contributed by atoms with E-state index in [9.17, 15) is 4.79 Å². The molecular formula is C13H10ClN3O. The minimum atomic E-state index is -0.132. The van der Waals surface area contributed by atoms with Crippen molar-refractivity contribution >= 4 is 28.2 Å². The highest BCUT2D eigenvalue weighted by Crippen LogP contribution is 2.21. The number of H-pyrrole nitrogens is 1. The highest BCUT2D eigenvalue weighted by atomic mass is 35.5. The first kappa shape index (κ1) is 11.2. The molecule has 0 fully saturated rings. The maximum absolute atomic E-state index is 12.4. The average Bonchev–Trinajstić information content (AvgIpc) is 2.40. The summed E-state index contributed by atoms with van der Waals surface area (Å²) in [5, 5.41) is 0.528. The van der Waals surface area contributed by atoms with E-state index >= 15 is 0 Å². The van der Waals surface area contributed by atoms with Gasteiger partial charge in [-0.1, -0.05) is 29.8 Å². The Labute approximate surface area is 108 Å². The maximum atomic E-state index is 12.4. The van der Waals surface area contributed by atoms with E-state index in [2.05, 4.69) is 21.0 Å². The fraction of sp³-hybridized carbons (Fsp3) is 0.154. The Morgan fingerprint density at radius 1 is 1.28 bits per heavy atom. The van der Waals surface area contributed by atoms with Crippen molar-refractivity contribution in [3.8, 4) is 0 Å². The molecule has 0 amide bonds. The molecule has 4 nitrogen and oxygen atoms in total. The molecule has 1 N–H and O–H groups in total. The standard InChI is InChI=1S/C13H10ClN3O/c14-12-10-11(18)9(8-4-2-1-3-5-8)6-15-13(10)17-7-16-12/h2,4-7H,1,3H2,(H,15,16,17,18). The molecule has 0 saturated heterocycles. The first-order valence-corrected chi connectivity index (χ1v) is 6.04. The van der Waals surface area contributed by atoms with Gasteiger partial charge in [-0.25, -0.2) is 9.97 Å². The highest BCUT2D eigenvalue weighted by Gasteiger charge is 2.12. The van der Waals surface area contributed by atoms with Crippen LogP contribution in [0.4, 0.5) is 0 Å². The van der Waals surface area contributed by atoms with Gasteiger partial charge in [0.15, 0.2) is 0 Å². The first-order valence-electron chi connectivity index (χ1n) is 5.66. The number of aromatic nitrogens is 3. The van der Waals surface area contributed by atoms with Crippen LogP contribution in [0.5, 0.6) is 0 Å². The lowest BCUT2D eigenvalue weighted by molar-refractivity contribution is 1.04. The zero-order valence-electron chi connectivity index (χ0n) is 9.48. The van der Waals surface area contributed by atoms with Crippen LogP contribution in [0.25, 0.3) is 16.6 Å². The smallest absolute Gasteiger partial charge is 0.201 e. The van der Waals surface area contributed by atoms with E-state index in [0.717, 1.165) is 18.4 Å². The lowest BCUT2D eigenvalue weighted by Crippen LogP contribution is -2.11. The van der Waals surface area contributed by atoms with Crippen LogP contribution in [-0.2, 0) is 0 Å². The van der Waals surface area contributed by atoms with Crippen LogP contribution in [-0.4, -0.2) is 15.0 Å². The summed E-state index contributed by atoms with van der Waals surface area (Å²) in [5.74, 6) is 0. The molecule has 2 aromatic rings. The first-order chi connectivity index (χ1) is 8.77. The van der Waals surface area contributed by atoms with Gasteiger partial charge in [0.05, 0.1) is 0 Å². The Morgan fingerprint density at radius 2 is 2.17 bits per heavy atom. The van der Waals surface area contributed by atoms with E-state index in [-0.39, 0.29) is 10.6 Å². The molecule has 0 bridgehead atoms. The molecular weight excluding hydrogens is 250 g/mol. The lowest BCUT2D eigenvalue weighted by atomic mass is 10.00. The number of rotatable bonds is 1. The number of nitrogens with one attached hydrogen (secondary N) is 1. The van der Waals surface area contributed by atoms with Crippen molar-refractivity contribution in [2.75, 3.05) is 0 Å². The van der Waals surface area contributed by atoms with Crippen LogP contribution in [0.2, 0.25) is 5.15 Å². The van der Waals surface area contributed by atoms with Gasteiger partial charge in [0, 0.05) is 11.8 Å². The zero-order valence-corrected chi connectivity index (χ0v) is 10.2. The number of hydrogen-bond acceptors (Lipinski definition) is 3. The Hall–Kier alpha value is -1.94. The molecule has 0 atom stereocenters. The summed E-state index contributed by atoms with van der Waals surface area (Å²) >= 11 is 5.96. The van der Waals surface area contributed by atoms with Crippen molar-refractivity contribution in [3.63, 3.8) is 0 Å². The molecule has 0 aromatic carbocycles. The maximum Gasteiger partial charge on any atom is 0.201 e. The quantitative estimate of drug-likeness (QED) is 0.801. The molecule has 0 saturated carbocycles. The third-order valence-corrected chi connectivity index (χ3v) is 3.22. The summed E-state index contributed by atoms with van der Waals surface area (Å²) in [5.41, 5.74) is 1.86. The van der Waals surface area contributed by atoms with Gasteiger partial charge in [-0.05, 0) is 18.4 Å². The predicted molar refractivity (Wildman–Crippen MR) is 71.5 cm³/mol. The van der Waals surface area contributed by atoms with Crippen LogP contribution < -0.4 is 5.43 Å². The molecule has 90 valence electrons. The van der Waals surface area contributed by atoms with Gasteiger partial charge in [0.1, 0.15) is 22.5 Å². The Morgan fingerprint density at radius 3 is 2.94 bits per heavy atom. The molecule has 1 aliphatic carbocycles. The van der Waals surface area contributed by atoms with Crippen LogP contribution in [0, 0.1) is 0 Å². The summed E-state index contributed by atoms with van der Waals surface area (Å²) in [6.45, 7) is 0. The second kappa shape index (κ2) is 4.38. The third-order valence-electron chi connectivity index (χ3n) is 2.93. The van der Waals surface area contributed by atoms with Crippen LogP contribution >= 0.6 is 11.6 Å². The molecule has 0 spiro atoms. The molecule has 2 aromatic heterocycles. The molecule has 18 heavy (non-hydrogen) atoms. The fourth-order valence-corrected chi connectivity index (χ4v) is 2.26.